The molecule has 1 fully saturated rings. The zero-order chi connectivity index (χ0) is 21.4. The van der Waals surface area contributed by atoms with Gasteiger partial charge in [-0.15, -0.1) is 10.2 Å². The highest BCUT2D eigenvalue weighted by Crippen LogP contribution is 2.31. The SMILES string of the molecule is CCc1ccc2c(CC(=O)N(Cc3nnc(-c4ccccc4Cl)o3)C3CC3)coc2c1. The molecule has 1 aliphatic rings. The van der Waals surface area contributed by atoms with Crippen LogP contribution in [0.4, 0.5) is 0 Å². The fraction of sp³-hybridized carbons (Fsp3) is 0.292. The molecule has 2 heterocycles. The highest BCUT2D eigenvalue weighted by atomic mass is 35.5. The van der Waals surface area contributed by atoms with Crippen molar-refractivity contribution in [3.8, 4) is 11.5 Å². The highest BCUT2D eigenvalue weighted by Gasteiger charge is 2.34. The lowest BCUT2D eigenvalue weighted by molar-refractivity contribution is -0.132. The standard InChI is InChI=1S/C24H22ClN3O3/c1-2-15-7-10-18-16(14-30-21(18)11-15)12-23(29)28(17-8-9-17)13-22-26-27-24(31-22)19-5-3-4-6-20(19)25/h3-7,10-11,14,17H,2,8-9,12-13H2,1H3. The van der Waals surface area contributed by atoms with Gasteiger partial charge in [-0.2, -0.15) is 0 Å². The van der Waals surface area contributed by atoms with Gasteiger partial charge in [-0.25, -0.2) is 0 Å². The summed E-state index contributed by atoms with van der Waals surface area (Å²) in [5, 5.41) is 9.80. The number of amides is 1. The first-order chi connectivity index (χ1) is 15.1. The van der Waals surface area contributed by atoms with Gasteiger partial charge >= 0.3 is 0 Å². The number of benzene rings is 2. The Bertz CT molecular complexity index is 1240. The molecule has 6 nitrogen and oxygen atoms in total. The van der Waals surface area contributed by atoms with Gasteiger partial charge in [-0.1, -0.05) is 42.8 Å². The molecule has 0 saturated heterocycles. The van der Waals surface area contributed by atoms with E-state index in [2.05, 4.69) is 23.2 Å². The van der Waals surface area contributed by atoms with Crippen LogP contribution in [-0.4, -0.2) is 27.0 Å². The Kier molecular flexibility index (Phi) is 5.24. The van der Waals surface area contributed by atoms with Gasteiger partial charge in [0.25, 0.3) is 0 Å². The third kappa shape index (κ3) is 4.08. The quantitative estimate of drug-likeness (QED) is 0.387. The predicted octanol–water partition coefficient (Wildman–Crippen LogP) is 5.43. The minimum atomic E-state index is 0.0299. The molecule has 5 rings (SSSR count). The van der Waals surface area contributed by atoms with Crippen molar-refractivity contribution in [1.29, 1.82) is 0 Å². The van der Waals surface area contributed by atoms with Crippen LogP contribution < -0.4 is 0 Å². The zero-order valence-electron chi connectivity index (χ0n) is 17.2. The lowest BCUT2D eigenvalue weighted by Crippen LogP contribution is -2.33. The van der Waals surface area contributed by atoms with E-state index in [1.807, 2.05) is 35.2 Å². The topological polar surface area (TPSA) is 72.4 Å². The molecule has 0 atom stereocenters. The fourth-order valence-corrected chi connectivity index (χ4v) is 3.98. The zero-order valence-corrected chi connectivity index (χ0v) is 17.9. The van der Waals surface area contributed by atoms with Crippen LogP contribution in [-0.2, 0) is 24.2 Å². The molecule has 1 aliphatic carbocycles. The number of aryl methyl sites for hydroxylation is 1. The third-order valence-corrected chi connectivity index (χ3v) is 5.98. The number of rotatable bonds is 7. The van der Waals surface area contributed by atoms with Crippen LogP contribution in [0.5, 0.6) is 0 Å². The molecule has 7 heteroatoms. The van der Waals surface area contributed by atoms with Gasteiger partial charge in [0.2, 0.25) is 17.7 Å². The maximum absolute atomic E-state index is 13.2. The third-order valence-electron chi connectivity index (χ3n) is 5.65. The smallest absolute Gasteiger partial charge is 0.249 e. The van der Waals surface area contributed by atoms with Crippen molar-refractivity contribution >= 4 is 28.5 Å². The Labute approximate surface area is 184 Å². The largest absolute Gasteiger partial charge is 0.464 e. The van der Waals surface area contributed by atoms with Crippen molar-refractivity contribution in [2.24, 2.45) is 0 Å². The Morgan fingerprint density at radius 1 is 1.19 bits per heavy atom. The van der Waals surface area contributed by atoms with Gasteiger partial charge in [0.05, 0.1) is 29.8 Å². The molecule has 0 spiro atoms. The van der Waals surface area contributed by atoms with Gasteiger partial charge < -0.3 is 13.7 Å². The Morgan fingerprint density at radius 2 is 2.03 bits per heavy atom. The van der Waals surface area contributed by atoms with E-state index in [0.717, 1.165) is 35.8 Å². The van der Waals surface area contributed by atoms with E-state index in [-0.39, 0.29) is 24.9 Å². The van der Waals surface area contributed by atoms with Crippen LogP contribution in [0.1, 0.15) is 36.8 Å². The molecule has 0 bridgehead atoms. The van der Waals surface area contributed by atoms with Crippen molar-refractivity contribution in [3.05, 3.63) is 70.8 Å². The van der Waals surface area contributed by atoms with E-state index in [9.17, 15) is 4.79 Å². The summed E-state index contributed by atoms with van der Waals surface area (Å²) in [5.41, 5.74) is 3.62. The minimum Gasteiger partial charge on any atom is -0.464 e. The molecular weight excluding hydrogens is 414 g/mol. The fourth-order valence-electron chi connectivity index (χ4n) is 3.76. The molecule has 2 aromatic carbocycles. The van der Waals surface area contributed by atoms with E-state index >= 15 is 0 Å². The Balaban J connectivity index is 1.34. The van der Waals surface area contributed by atoms with Gasteiger partial charge in [-0.3, -0.25) is 4.79 Å². The normalized spacial score (nSPS) is 13.6. The highest BCUT2D eigenvalue weighted by molar-refractivity contribution is 6.33. The van der Waals surface area contributed by atoms with Gasteiger partial charge in [0.15, 0.2) is 0 Å². The van der Waals surface area contributed by atoms with Crippen LogP contribution in [0.3, 0.4) is 0 Å². The van der Waals surface area contributed by atoms with Gasteiger partial charge in [0.1, 0.15) is 5.58 Å². The second kappa shape index (κ2) is 8.19. The monoisotopic (exact) mass is 435 g/mol. The summed E-state index contributed by atoms with van der Waals surface area (Å²) in [7, 11) is 0. The van der Waals surface area contributed by atoms with Crippen LogP contribution in [0.15, 0.2) is 57.6 Å². The second-order valence-corrected chi connectivity index (χ2v) is 8.26. The lowest BCUT2D eigenvalue weighted by Gasteiger charge is -2.20. The van der Waals surface area contributed by atoms with Crippen LogP contribution in [0.2, 0.25) is 5.02 Å². The van der Waals surface area contributed by atoms with Crippen LogP contribution >= 0.6 is 11.6 Å². The number of fused-ring (bicyclic) bond motifs is 1. The number of carbonyl (C=O) groups excluding carboxylic acids is 1. The molecule has 1 saturated carbocycles. The molecule has 1 amide bonds. The predicted molar refractivity (Wildman–Crippen MR) is 118 cm³/mol. The van der Waals surface area contributed by atoms with Crippen LogP contribution in [0.25, 0.3) is 22.4 Å². The number of halogens is 1. The number of furan rings is 1. The van der Waals surface area contributed by atoms with Gasteiger partial charge in [-0.05, 0) is 43.0 Å². The summed E-state index contributed by atoms with van der Waals surface area (Å²) in [6.07, 6.45) is 4.89. The van der Waals surface area contributed by atoms with Crippen molar-refractivity contribution in [2.45, 2.75) is 45.2 Å². The molecule has 0 unspecified atom stereocenters. The van der Waals surface area contributed by atoms with E-state index in [1.165, 1.54) is 5.56 Å². The summed E-state index contributed by atoms with van der Waals surface area (Å²) in [5.74, 6) is 0.790. The average Bonchev–Trinajstić information content (AvgIpc) is 3.39. The molecule has 0 aliphatic heterocycles. The van der Waals surface area contributed by atoms with E-state index in [1.54, 1.807) is 12.3 Å². The van der Waals surface area contributed by atoms with Crippen LogP contribution in [0, 0.1) is 0 Å². The molecule has 158 valence electrons. The molecule has 4 aromatic rings. The minimum absolute atomic E-state index is 0.0299. The van der Waals surface area contributed by atoms with E-state index in [0.29, 0.717) is 22.4 Å². The van der Waals surface area contributed by atoms with Crippen molar-refractivity contribution in [3.63, 3.8) is 0 Å². The number of hydrogen-bond acceptors (Lipinski definition) is 5. The van der Waals surface area contributed by atoms with Crippen molar-refractivity contribution < 1.29 is 13.6 Å². The van der Waals surface area contributed by atoms with Crippen molar-refractivity contribution in [1.82, 2.24) is 15.1 Å². The lowest BCUT2D eigenvalue weighted by atomic mass is 10.1. The summed E-state index contributed by atoms with van der Waals surface area (Å²) in [4.78, 5) is 15.0. The molecule has 31 heavy (non-hydrogen) atoms. The number of aromatic nitrogens is 2. The maximum atomic E-state index is 13.2. The molecule has 0 radical (unpaired) electrons. The first-order valence-electron chi connectivity index (χ1n) is 10.5. The molecule has 0 N–H and O–H groups in total. The summed E-state index contributed by atoms with van der Waals surface area (Å²) < 4.78 is 11.5. The first-order valence-corrected chi connectivity index (χ1v) is 10.9. The summed E-state index contributed by atoms with van der Waals surface area (Å²) in [6.45, 7) is 2.40. The number of carbonyl (C=O) groups is 1. The van der Waals surface area contributed by atoms with E-state index in [4.69, 9.17) is 20.4 Å². The summed E-state index contributed by atoms with van der Waals surface area (Å²) in [6, 6.07) is 13.7. The van der Waals surface area contributed by atoms with Gasteiger partial charge in [0, 0.05) is 17.0 Å². The second-order valence-electron chi connectivity index (χ2n) is 7.86. The molecular formula is C24H22ClN3O3. The average molecular weight is 436 g/mol. The maximum Gasteiger partial charge on any atom is 0.249 e. The first kappa shape index (κ1) is 19.8. The van der Waals surface area contributed by atoms with Crippen molar-refractivity contribution in [2.75, 3.05) is 0 Å². The summed E-state index contributed by atoms with van der Waals surface area (Å²) >= 11 is 6.23. The number of nitrogens with zero attached hydrogens (tertiary/aromatic N) is 3. The Morgan fingerprint density at radius 3 is 2.81 bits per heavy atom. The number of hydrogen-bond donors (Lipinski definition) is 0. The molecule has 2 aromatic heterocycles. The van der Waals surface area contributed by atoms with E-state index < -0.39 is 0 Å². The Hall–Kier alpha value is -3.12.